The van der Waals surface area contributed by atoms with Crippen molar-refractivity contribution in [2.24, 2.45) is 0 Å². The molecule has 0 aliphatic carbocycles. The van der Waals surface area contributed by atoms with Crippen molar-refractivity contribution < 1.29 is 4.74 Å². The number of fused-ring (bicyclic) bond motifs is 1. The summed E-state index contributed by atoms with van der Waals surface area (Å²) in [6.45, 7) is 7.17. The zero-order valence-corrected chi connectivity index (χ0v) is 20.7. The van der Waals surface area contributed by atoms with Crippen LogP contribution in [0.15, 0.2) is 6.20 Å². The third-order valence-corrected chi connectivity index (χ3v) is 6.31. The molecule has 0 saturated carbocycles. The first-order valence-electron chi connectivity index (χ1n) is 10.8. The molecule has 0 amide bonds. The van der Waals surface area contributed by atoms with Crippen molar-refractivity contribution in [3.05, 3.63) is 50.4 Å². The van der Waals surface area contributed by atoms with Crippen molar-refractivity contribution in [3.63, 3.8) is 0 Å². The zero-order valence-electron chi connectivity index (χ0n) is 19.2. The van der Waals surface area contributed by atoms with Crippen molar-refractivity contribution in [3.8, 4) is 5.75 Å². The first-order valence-corrected chi connectivity index (χ1v) is 11.6. The van der Waals surface area contributed by atoms with Gasteiger partial charge in [-0.05, 0) is 31.9 Å². The Labute approximate surface area is 203 Å². The third-order valence-electron chi connectivity index (χ3n) is 5.75. The van der Waals surface area contributed by atoms with Crippen molar-refractivity contribution in [1.82, 2.24) is 24.9 Å². The van der Waals surface area contributed by atoms with E-state index < -0.39 is 0 Å². The Morgan fingerprint density at radius 1 is 1.24 bits per heavy atom. The van der Waals surface area contributed by atoms with Crippen LogP contribution in [-0.2, 0) is 13.0 Å². The van der Waals surface area contributed by atoms with E-state index in [9.17, 15) is 0 Å². The first-order chi connectivity index (χ1) is 15.8. The van der Waals surface area contributed by atoms with Gasteiger partial charge >= 0.3 is 0 Å². The maximum atomic E-state index is 6.52. The van der Waals surface area contributed by atoms with Gasteiger partial charge in [-0.15, -0.1) is 0 Å². The molecule has 0 aromatic carbocycles. The number of halogens is 2. The molecule has 3 aromatic rings. The van der Waals surface area contributed by atoms with Crippen LogP contribution in [0.1, 0.15) is 53.7 Å². The smallest absolute Gasteiger partial charge is 0.223 e. The van der Waals surface area contributed by atoms with Crippen molar-refractivity contribution in [2.75, 3.05) is 24.3 Å². The highest BCUT2D eigenvalue weighted by atomic mass is 35.5. The average Bonchev–Trinajstić information content (AvgIpc) is 3.29. The predicted molar refractivity (Wildman–Crippen MR) is 133 cm³/mol. The number of aromatic nitrogens is 5. The van der Waals surface area contributed by atoms with Crippen LogP contribution in [0, 0.1) is 13.8 Å². The second-order valence-electron chi connectivity index (χ2n) is 8.13. The number of ether oxygens (including phenoxy) is 1. The minimum atomic E-state index is 0.121. The van der Waals surface area contributed by atoms with E-state index in [1.807, 2.05) is 26.1 Å². The lowest BCUT2D eigenvalue weighted by Gasteiger charge is -2.20. The molecule has 1 aliphatic heterocycles. The lowest BCUT2D eigenvalue weighted by atomic mass is 10.1. The van der Waals surface area contributed by atoms with Crippen LogP contribution >= 0.6 is 23.2 Å². The average molecular weight is 488 g/mol. The van der Waals surface area contributed by atoms with E-state index in [1.54, 1.807) is 7.11 Å². The fourth-order valence-electron chi connectivity index (χ4n) is 4.10. The zero-order chi connectivity index (χ0) is 23.7. The van der Waals surface area contributed by atoms with E-state index in [2.05, 4.69) is 36.7 Å². The lowest BCUT2D eigenvalue weighted by Crippen LogP contribution is -2.22. The molecule has 3 N–H and O–H groups in total. The number of hydrogen-bond donors (Lipinski definition) is 2. The number of pyridine rings is 1. The first kappa shape index (κ1) is 23.3. The number of nitrogens with zero attached hydrogens (tertiary/aromatic N) is 5. The lowest BCUT2D eigenvalue weighted by molar-refractivity contribution is 0.407. The largest absolute Gasteiger partial charge is 0.496 e. The predicted octanol–water partition coefficient (Wildman–Crippen LogP) is 5.01. The summed E-state index contributed by atoms with van der Waals surface area (Å²) in [4.78, 5) is 23.2. The molecule has 0 atom stereocenters. The summed E-state index contributed by atoms with van der Waals surface area (Å²) in [6, 6.07) is 0. The molecule has 0 spiro atoms. The second-order valence-corrected chi connectivity index (χ2v) is 8.87. The molecule has 1 aliphatic rings. The number of imidazole rings is 1. The molecule has 4 rings (SSSR count). The fraction of sp³-hybridized carbons (Fsp3) is 0.391. The molecule has 0 radical (unpaired) electrons. The molecule has 0 fully saturated rings. The normalized spacial score (nSPS) is 14.2. The minimum Gasteiger partial charge on any atom is -0.496 e. The molecule has 8 nitrogen and oxygen atoms in total. The summed E-state index contributed by atoms with van der Waals surface area (Å²) in [5.41, 5.74) is 11.1. The summed E-state index contributed by atoms with van der Waals surface area (Å²) in [5, 5.41) is 0.803. The van der Waals surface area contributed by atoms with Gasteiger partial charge in [-0.1, -0.05) is 36.5 Å². The van der Waals surface area contributed by atoms with E-state index >= 15 is 0 Å². The monoisotopic (exact) mass is 487 g/mol. The Morgan fingerprint density at radius 2 is 2.03 bits per heavy atom. The topological polar surface area (TPSA) is 106 Å². The van der Waals surface area contributed by atoms with Gasteiger partial charge in [-0.2, -0.15) is 4.98 Å². The number of methoxy groups -OCH3 is 1. The molecule has 0 bridgehead atoms. The minimum absolute atomic E-state index is 0.121. The van der Waals surface area contributed by atoms with E-state index in [1.165, 1.54) is 0 Å². The van der Waals surface area contributed by atoms with Gasteiger partial charge in [0.1, 0.15) is 33.4 Å². The molecule has 0 saturated heterocycles. The Bertz CT molecular complexity index is 1220. The molecule has 3 aromatic heterocycles. The van der Waals surface area contributed by atoms with Crippen LogP contribution in [0.3, 0.4) is 0 Å². The van der Waals surface area contributed by atoms with Crippen molar-refractivity contribution in [2.45, 2.75) is 46.6 Å². The number of H-pyrrole nitrogens is 1. The third kappa shape index (κ3) is 4.63. The molecular weight excluding hydrogens is 461 g/mol. The van der Waals surface area contributed by atoms with Crippen molar-refractivity contribution >= 4 is 46.6 Å². The van der Waals surface area contributed by atoms with Gasteiger partial charge in [0.2, 0.25) is 5.95 Å². The molecule has 10 heteroatoms. The number of nitrogens with two attached hydrogens (primary N) is 1. The highest BCUT2D eigenvalue weighted by Gasteiger charge is 2.30. The SMILES string of the molecule is CCCCc1nc(/C=C2\CN(Cc3ncc(C)c(OC)c3C)c3nc(N)nc(Cl)c32)c(Cl)[nH]1. The number of anilines is 2. The van der Waals surface area contributed by atoms with Gasteiger partial charge < -0.3 is 20.4 Å². The summed E-state index contributed by atoms with van der Waals surface area (Å²) < 4.78 is 5.57. The number of nitrogen functional groups attached to an aromatic ring is 1. The summed E-state index contributed by atoms with van der Waals surface area (Å²) in [6.07, 6.45) is 6.74. The van der Waals surface area contributed by atoms with E-state index in [0.29, 0.717) is 34.9 Å². The van der Waals surface area contributed by atoms with Crippen LogP contribution in [0.4, 0.5) is 11.8 Å². The number of unbranched alkanes of at least 4 members (excludes halogenated alkanes) is 1. The maximum absolute atomic E-state index is 6.52. The van der Waals surface area contributed by atoms with Crippen molar-refractivity contribution in [1.29, 1.82) is 0 Å². The van der Waals surface area contributed by atoms with Gasteiger partial charge in [-0.25, -0.2) is 9.97 Å². The molecule has 0 unspecified atom stereocenters. The quantitative estimate of drug-likeness (QED) is 0.450. The summed E-state index contributed by atoms with van der Waals surface area (Å²) >= 11 is 13.0. The Hall–Kier alpha value is -2.84. The Balaban J connectivity index is 1.72. The van der Waals surface area contributed by atoms with E-state index in [0.717, 1.165) is 58.8 Å². The highest BCUT2D eigenvalue weighted by molar-refractivity contribution is 6.33. The second kappa shape index (κ2) is 9.57. The van der Waals surface area contributed by atoms with Crippen LogP contribution in [0.5, 0.6) is 5.75 Å². The molecular formula is C23H27Cl2N7O. The van der Waals surface area contributed by atoms with Gasteiger partial charge in [-0.3, -0.25) is 4.98 Å². The molecule has 4 heterocycles. The number of aromatic amines is 1. The van der Waals surface area contributed by atoms with Gasteiger partial charge in [0.05, 0.1) is 24.9 Å². The maximum Gasteiger partial charge on any atom is 0.223 e. The molecule has 174 valence electrons. The number of hydrogen-bond acceptors (Lipinski definition) is 7. The summed E-state index contributed by atoms with van der Waals surface area (Å²) in [7, 11) is 1.67. The number of nitrogens with one attached hydrogen (secondary N) is 1. The Morgan fingerprint density at radius 3 is 2.76 bits per heavy atom. The summed E-state index contributed by atoms with van der Waals surface area (Å²) in [5.74, 6) is 2.49. The standard InChI is InChI=1S/C23H27Cl2N7O/c1-5-6-7-17-28-15(20(24)29-17)8-14-10-32(22-18(14)21(25)30-23(26)31-22)11-16-13(3)19(33-4)12(2)9-27-16/h8-9H,5-7,10-11H2,1-4H3,(H,28,29)(H2,26,30,31)/b14-8+. The van der Waals surface area contributed by atoms with E-state index in [4.69, 9.17) is 33.7 Å². The van der Waals surface area contributed by atoms with Gasteiger partial charge in [0, 0.05) is 30.3 Å². The fourth-order valence-corrected chi connectivity index (χ4v) is 4.60. The number of aryl methyl sites for hydroxylation is 2. The van der Waals surface area contributed by atoms with Crippen LogP contribution < -0.4 is 15.4 Å². The van der Waals surface area contributed by atoms with Crippen LogP contribution in [0.25, 0.3) is 11.6 Å². The van der Waals surface area contributed by atoms with Gasteiger partial charge in [0.25, 0.3) is 0 Å². The Kier molecular flexibility index (Phi) is 6.76. The van der Waals surface area contributed by atoms with Gasteiger partial charge in [0.15, 0.2) is 0 Å². The highest BCUT2D eigenvalue weighted by Crippen LogP contribution is 2.41. The molecule has 33 heavy (non-hydrogen) atoms. The van der Waals surface area contributed by atoms with Crippen LogP contribution in [-0.4, -0.2) is 38.6 Å². The van der Waals surface area contributed by atoms with Crippen LogP contribution in [0.2, 0.25) is 10.3 Å². The van der Waals surface area contributed by atoms with E-state index in [-0.39, 0.29) is 5.95 Å². The number of rotatable bonds is 7.